The van der Waals surface area contributed by atoms with Crippen LogP contribution in [-0.2, 0) is 0 Å². The molecule has 6 rings (SSSR count). The number of piperidine rings is 1. The molecule has 0 radical (unpaired) electrons. The molecule has 1 aromatic carbocycles. The van der Waals surface area contributed by atoms with Crippen LogP contribution in [0.15, 0.2) is 54.9 Å². The molecule has 9 nitrogen and oxygen atoms in total. The quantitative estimate of drug-likeness (QED) is 0.412. The lowest BCUT2D eigenvalue weighted by Crippen LogP contribution is -2.38. The Hall–Kier alpha value is -3.89. The number of hydrogen-bond acceptors (Lipinski definition) is 7. The van der Waals surface area contributed by atoms with Gasteiger partial charge in [0.2, 0.25) is 5.78 Å². The first-order valence-corrected chi connectivity index (χ1v) is 11.6. The predicted molar refractivity (Wildman–Crippen MR) is 130 cm³/mol. The number of ether oxygens (including phenoxy) is 1. The first kappa shape index (κ1) is 21.6. The monoisotopic (exact) mass is 473 g/mol. The van der Waals surface area contributed by atoms with E-state index in [0.717, 1.165) is 49.6 Å². The average Bonchev–Trinajstić information content (AvgIpc) is 3.28. The highest BCUT2D eigenvalue weighted by atomic mass is 19.1. The van der Waals surface area contributed by atoms with Crippen LogP contribution in [0.1, 0.15) is 12.8 Å². The number of nitrogens with one attached hydrogen (secondary N) is 1. The number of benzene rings is 1. The van der Waals surface area contributed by atoms with Crippen LogP contribution in [-0.4, -0.2) is 71.9 Å². The molecule has 0 atom stereocenters. The van der Waals surface area contributed by atoms with E-state index in [2.05, 4.69) is 29.9 Å². The van der Waals surface area contributed by atoms with E-state index in [-0.39, 0.29) is 17.4 Å². The first-order valence-electron chi connectivity index (χ1n) is 11.6. The molecule has 2 N–H and O–H groups in total. The highest BCUT2D eigenvalue weighted by Gasteiger charge is 2.16. The van der Waals surface area contributed by atoms with E-state index in [9.17, 15) is 9.50 Å². The van der Waals surface area contributed by atoms with Crippen molar-refractivity contribution in [2.24, 2.45) is 0 Å². The Morgan fingerprint density at radius 1 is 1.06 bits per heavy atom. The molecule has 0 amide bonds. The number of nitrogens with zero attached hydrogens (tertiary/aromatic N) is 6. The van der Waals surface area contributed by atoms with Gasteiger partial charge in [0, 0.05) is 31.2 Å². The van der Waals surface area contributed by atoms with Crippen molar-refractivity contribution in [3.8, 4) is 5.75 Å². The molecule has 0 spiro atoms. The molecule has 0 saturated carbocycles. The summed E-state index contributed by atoms with van der Waals surface area (Å²) in [6, 6.07) is 13.3. The van der Waals surface area contributed by atoms with Gasteiger partial charge in [0.1, 0.15) is 23.4 Å². The fourth-order valence-corrected chi connectivity index (χ4v) is 4.36. The Morgan fingerprint density at radius 3 is 2.80 bits per heavy atom. The third-order valence-corrected chi connectivity index (χ3v) is 6.23. The number of hydrogen-bond donors (Lipinski definition) is 2. The van der Waals surface area contributed by atoms with Gasteiger partial charge in [-0.05, 0) is 48.6 Å². The summed E-state index contributed by atoms with van der Waals surface area (Å²) in [5.41, 5.74) is 2.57. The maximum atomic E-state index is 14.7. The maximum Gasteiger partial charge on any atom is 0.227 e. The van der Waals surface area contributed by atoms with Gasteiger partial charge in [0.05, 0.1) is 24.0 Å². The highest BCUT2D eigenvalue weighted by molar-refractivity contribution is 5.78. The minimum Gasteiger partial charge on any atom is -0.492 e. The van der Waals surface area contributed by atoms with Gasteiger partial charge in [-0.2, -0.15) is 5.10 Å². The van der Waals surface area contributed by atoms with Crippen molar-refractivity contribution in [1.82, 2.24) is 34.4 Å². The number of fused-ring (bicyclic) bond motifs is 6. The van der Waals surface area contributed by atoms with Gasteiger partial charge in [-0.15, -0.1) is 0 Å². The molecule has 1 aliphatic heterocycles. The standard InChI is InChI=1S/C25H24FN7O2/c26-21-14-28-25-29-18-11-16(12-20(13-18)35-10-9-32-7-5-19(34)6-8-32)1-2-17-3-4-23-27-15-22(24(21)30-25)33(23)31-17/h1-4,11-15,19,34H,5-10H2,(H,28,29,30). The number of imidazole rings is 1. The van der Waals surface area contributed by atoms with Gasteiger partial charge in [0.15, 0.2) is 11.5 Å². The van der Waals surface area contributed by atoms with Crippen molar-refractivity contribution in [1.29, 1.82) is 0 Å². The number of halogens is 1. The molecule has 5 heterocycles. The van der Waals surface area contributed by atoms with Gasteiger partial charge in [0.25, 0.3) is 0 Å². The average molecular weight is 474 g/mol. The summed E-state index contributed by atoms with van der Waals surface area (Å²) >= 11 is 0. The number of aliphatic hydroxyl groups is 1. The third-order valence-electron chi connectivity index (χ3n) is 6.23. The van der Waals surface area contributed by atoms with E-state index in [1.807, 2.05) is 42.5 Å². The van der Waals surface area contributed by atoms with Gasteiger partial charge >= 0.3 is 0 Å². The van der Waals surface area contributed by atoms with Gasteiger partial charge in [-0.3, -0.25) is 4.90 Å². The summed E-state index contributed by atoms with van der Waals surface area (Å²) in [6.07, 6.45) is 4.11. The second-order valence-electron chi connectivity index (χ2n) is 8.73. The Morgan fingerprint density at radius 2 is 1.91 bits per heavy atom. The molecule has 1 aliphatic rings. The van der Waals surface area contributed by atoms with E-state index in [1.165, 1.54) is 0 Å². The molecule has 178 valence electrons. The molecular formula is C25H24FN7O2. The van der Waals surface area contributed by atoms with Crippen molar-refractivity contribution >= 4 is 38.9 Å². The highest BCUT2D eigenvalue weighted by Crippen LogP contribution is 2.20. The second kappa shape index (κ2) is 9.05. The van der Waals surface area contributed by atoms with Crippen LogP contribution in [0.3, 0.4) is 0 Å². The fraction of sp³-hybridized carbons (Fsp3) is 0.280. The number of likely N-dealkylation sites (tertiary alicyclic amines) is 1. The Balaban J connectivity index is 1.44. The summed E-state index contributed by atoms with van der Waals surface area (Å²) in [6.45, 7) is 3.07. The second-order valence-corrected chi connectivity index (χ2v) is 8.73. The number of aliphatic hydroxyl groups excluding tert-OH is 1. The molecular weight excluding hydrogens is 449 g/mol. The van der Waals surface area contributed by atoms with Crippen molar-refractivity contribution in [3.63, 3.8) is 0 Å². The van der Waals surface area contributed by atoms with Crippen LogP contribution in [0.25, 0.3) is 38.9 Å². The molecule has 0 unspecified atom stereocenters. The first-order chi connectivity index (χ1) is 17.1. The number of aromatic nitrogens is 6. The largest absolute Gasteiger partial charge is 0.492 e. The number of H-pyrrole nitrogens is 1. The lowest BCUT2D eigenvalue weighted by Gasteiger charge is -2.29. The van der Waals surface area contributed by atoms with Crippen LogP contribution in [0, 0.1) is 5.82 Å². The maximum absolute atomic E-state index is 14.7. The van der Waals surface area contributed by atoms with Crippen LogP contribution < -0.4 is 4.74 Å². The topological polar surface area (TPSA) is 104 Å². The summed E-state index contributed by atoms with van der Waals surface area (Å²) in [5.74, 6) is 0.395. The van der Waals surface area contributed by atoms with E-state index in [4.69, 9.17) is 4.74 Å². The summed E-state index contributed by atoms with van der Waals surface area (Å²) < 4.78 is 22.4. The van der Waals surface area contributed by atoms with E-state index in [0.29, 0.717) is 29.0 Å². The minimum absolute atomic E-state index is 0.113. The Bertz CT molecular complexity index is 1590. The Kier molecular flexibility index (Phi) is 5.59. The van der Waals surface area contributed by atoms with Gasteiger partial charge in [-0.25, -0.2) is 23.9 Å². The SMILES string of the molecule is OC1CCN(CCOc2cc3ccc4ccc5ncc(c6nc(ncc6F)[nH]c(c2)c3)n5n4)CC1. The smallest absolute Gasteiger partial charge is 0.227 e. The molecule has 4 aromatic heterocycles. The van der Waals surface area contributed by atoms with Crippen LogP contribution in [0.2, 0.25) is 0 Å². The van der Waals surface area contributed by atoms with Crippen LogP contribution >= 0.6 is 0 Å². The van der Waals surface area contributed by atoms with Crippen molar-refractivity contribution in [3.05, 3.63) is 60.7 Å². The van der Waals surface area contributed by atoms with Gasteiger partial charge in [-0.1, -0.05) is 6.07 Å². The molecule has 35 heavy (non-hydrogen) atoms. The van der Waals surface area contributed by atoms with Crippen LogP contribution in [0.4, 0.5) is 4.39 Å². The Labute approximate surface area is 199 Å². The normalized spacial score (nSPS) is 15.3. The zero-order chi connectivity index (χ0) is 23.8. The lowest BCUT2D eigenvalue weighted by atomic mass is 10.1. The fourth-order valence-electron chi connectivity index (χ4n) is 4.36. The van der Waals surface area contributed by atoms with Crippen molar-refractivity contribution in [2.75, 3.05) is 26.2 Å². The van der Waals surface area contributed by atoms with E-state index < -0.39 is 5.82 Å². The molecule has 6 bridgehead atoms. The van der Waals surface area contributed by atoms with E-state index in [1.54, 1.807) is 10.7 Å². The van der Waals surface area contributed by atoms with Crippen LogP contribution in [0.5, 0.6) is 5.75 Å². The minimum atomic E-state index is -0.557. The van der Waals surface area contributed by atoms with Crippen molar-refractivity contribution in [2.45, 2.75) is 18.9 Å². The lowest BCUT2D eigenvalue weighted by molar-refractivity contribution is 0.0755. The van der Waals surface area contributed by atoms with Gasteiger partial charge < -0.3 is 14.8 Å². The van der Waals surface area contributed by atoms with Crippen molar-refractivity contribution < 1.29 is 14.2 Å². The molecule has 5 aromatic rings. The predicted octanol–water partition coefficient (Wildman–Crippen LogP) is 3.41. The molecule has 0 aliphatic carbocycles. The zero-order valence-corrected chi connectivity index (χ0v) is 18.9. The molecule has 1 fully saturated rings. The molecule has 10 heteroatoms. The number of rotatable bonds is 4. The zero-order valence-electron chi connectivity index (χ0n) is 18.9. The number of aromatic amines is 1. The summed E-state index contributed by atoms with van der Waals surface area (Å²) in [7, 11) is 0. The summed E-state index contributed by atoms with van der Waals surface area (Å²) in [4.78, 5) is 18.3. The summed E-state index contributed by atoms with van der Waals surface area (Å²) in [5, 5.41) is 15.2. The van der Waals surface area contributed by atoms with E-state index >= 15 is 0 Å². The third kappa shape index (κ3) is 4.58. The molecule has 1 saturated heterocycles.